The molecule has 1 fully saturated rings. The van der Waals surface area contributed by atoms with E-state index in [9.17, 15) is 24.5 Å². The fraction of sp³-hybridized carbons (Fsp3) is 0.120. The summed E-state index contributed by atoms with van der Waals surface area (Å²) in [4.78, 5) is 50.4. The number of para-hydroxylation sites is 1. The molecule has 3 aromatic carbocycles. The van der Waals surface area contributed by atoms with Crippen molar-refractivity contribution in [2.24, 2.45) is 11.0 Å². The molecule has 0 saturated carbocycles. The molecule has 5 rings (SSSR count). The van der Waals surface area contributed by atoms with Crippen molar-refractivity contribution >= 4 is 40.4 Å². The van der Waals surface area contributed by atoms with Crippen LogP contribution in [0.1, 0.15) is 22.8 Å². The number of nitro groups is 1. The van der Waals surface area contributed by atoms with E-state index in [0.717, 1.165) is 4.90 Å². The summed E-state index contributed by atoms with van der Waals surface area (Å²) in [6, 6.07) is 20.2. The van der Waals surface area contributed by atoms with Crippen molar-refractivity contribution in [1.82, 2.24) is 0 Å². The lowest BCUT2D eigenvalue weighted by atomic mass is 9.92. The molecule has 0 aromatic heterocycles. The van der Waals surface area contributed by atoms with Crippen LogP contribution in [0.3, 0.4) is 0 Å². The van der Waals surface area contributed by atoms with E-state index >= 15 is 0 Å². The molecule has 1 saturated heterocycles. The summed E-state index contributed by atoms with van der Waals surface area (Å²) in [5.41, 5.74) is 2.29. The smallest absolute Gasteiger partial charge is 0.269 e. The van der Waals surface area contributed by atoms with E-state index in [0.29, 0.717) is 28.2 Å². The van der Waals surface area contributed by atoms with Gasteiger partial charge in [-0.3, -0.25) is 29.5 Å². The molecule has 3 aromatic rings. The maximum atomic E-state index is 13.6. The fourth-order valence-corrected chi connectivity index (χ4v) is 4.30. The van der Waals surface area contributed by atoms with Crippen LogP contribution in [0.5, 0.6) is 0 Å². The number of hydrazone groups is 1. The predicted octanol–water partition coefficient (Wildman–Crippen LogP) is 3.58. The lowest BCUT2D eigenvalue weighted by Gasteiger charge is -2.22. The van der Waals surface area contributed by atoms with Crippen molar-refractivity contribution in [2.75, 3.05) is 9.91 Å². The molecular formula is C25H18N4O5. The van der Waals surface area contributed by atoms with Crippen LogP contribution in [0.25, 0.3) is 0 Å². The Balaban J connectivity index is 1.58. The number of anilines is 2. The van der Waals surface area contributed by atoms with E-state index in [-0.39, 0.29) is 11.5 Å². The normalized spacial score (nSPS) is 19.3. The third kappa shape index (κ3) is 3.34. The number of nitrogens with zero attached hydrogens (tertiary/aromatic N) is 4. The molecule has 2 amide bonds. The molecule has 9 nitrogen and oxygen atoms in total. The summed E-state index contributed by atoms with van der Waals surface area (Å²) in [7, 11) is 0. The van der Waals surface area contributed by atoms with Crippen molar-refractivity contribution in [2.45, 2.75) is 13.0 Å². The number of benzene rings is 3. The number of carbonyl (C=O) groups excluding carboxylic acids is 3. The minimum atomic E-state index is -0.896. The summed E-state index contributed by atoms with van der Waals surface area (Å²) >= 11 is 0. The topological polar surface area (TPSA) is 113 Å². The van der Waals surface area contributed by atoms with Crippen molar-refractivity contribution in [3.8, 4) is 0 Å². The zero-order chi connectivity index (χ0) is 24.0. The minimum absolute atomic E-state index is 0.0835. The summed E-state index contributed by atoms with van der Waals surface area (Å²) < 4.78 is 0. The molecular weight excluding hydrogens is 436 g/mol. The minimum Gasteiger partial charge on any atom is -0.295 e. The number of nitro benzene ring substituents is 1. The monoisotopic (exact) mass is 454 g/mol. The average Bonchev–Trinajstić information content (AvgIpc) is 3.36. The highest BCUT2D eigenvalue weighted by atomic mass is 16.6. The van der Waals surface area contributed by atoms with Gasteiger partial charge in [-0.25, -0.2) is 4.90 Å². The zero-order valence-corrected chi connectivity index (χ0v) is 18.0. The third-order valence-corrected chi connectivity index (χ3v) is 5.98. The largest absolute Gasteiger partial charge is 0.295 e. The second-order valence-corrected chi connectivity index (χ2v) is 8.01. The van der Waals surface area contributed by atoms with Crippen LogP contribution in [-0.4, -0.2) is 34.3 Å². The van der Waals surface area contributed by atoms with Crippen molar-refractivity contribution in [3.05, 3.63) is 100 Å². The standard InChI is InChI=1S/C25H18N4O5/c1-15(30)16-7-11-18(12-8-16)27-24(31)21-22(17-9-13-20(14-10-17)29(33)34)26-28(23(21)25(27)32)19-5-3-2-4-6-19/h2-14,21,23H,1H3/t21-,23+/m1/s1. The fourth-order valence-electron chi connectivity index (χ4n) is 4.30. The lowest BCUT2D eigenvalue weighted by Crippen LogP contribution is -2.39. The van der Waals surface area contributed by atoms with Crippen molar-refractivity contribution < 1.29 is 19.3 Å². The Kier molecular flexibility index (Phi) is 5.01. The number of ketones is 1. The molecule has 2 aliphatic rings. The Bertz CT molecular complexity index is 1350. The van der Waals surface area contributed by atoms with Gasteiger partial charge in [0, 0.05) is 17.7 Å². The van der Waals surface area contributed by atoms with Crippen LogP contribution in [0.4, 0.5) is 17.1 Å². The third-order valence-electron chi connectivity index (χ3n) is 5.98. The highest BCUT2D eigenvalue weighted by molar-refractivity contribution is 6.34. The second-order valence-electron chi connectivity index (χ2n) is 8.01. The average molecular weight is 454 g/mol. The molecule has 168 valence electrons. The van der Waals surface area contributed by atoms with Gasteiger partial charge in [-0.05, 0) is 61.0 Å². The number of hydrogen-bond acceptors (Lipinski definition) is 7. The molecule has 0 radical (unpaired) electrons. The lowest BCUT2D eigenvalue weighted by molar-refractivity contribution is -0.384. The molecule has 0 unspecified atom stereocenters. The van der Waals surface area contributed by atoms with Crippen LogP contribution < -0.4 is 9.91 Å². The molecule has 0 N–H and O–H groups in total. The number of carbonyl (C=O) groups is 3. The highest BCUT2D eigenvalue weighted by Crippen LogP contribution is 2.39. The Labute approximate surface area is 194 Å². The molecule has 2 heterocycles. The summed E-state index contributed by atoms with van der Waals surface area (Å²) in [5.74, 6) is -1.89. The van der Waals surface area contributed by atoms with E-state index in [1.807, 2.05) is 18.2 Å². The van der Waals surface area contributed by atoms with Gasteiger partial charge in [-0.1, -0.05) is 18.2 Å². The molecule has 9 heteroatoms. The van der Waals surface area contributed by atoms with Crippen molar-refractivity contribution in [3.63, 3.8) is 0 Å². The quantitative estimate of drug-likeness (QED) is 0.252. The summed E-state index contributed by atoms with van der Waals surface area (Å²) in [6.45, 7) is 1.44. The van der Waals surface area contributed by atoms with Crippen LogP contribution in [-0.2, 0) is 9.59 Å². The maximum Gasteiger partial charge on any atom is 0.269 e. The first-order valence-electron chi connectivity index (χ1n) is 10.5. The first-order chi connectivity index (χ1) is 16.4. The van der Waals surface area contributed by atoms with Crippen LogP contribution in [0.2, 0.25) is 0 Å². The first-order valence-corrected chi connectivity index (χ1v) is 10.5. The van der Waals surface area contributed by atoms with Crippen molar-refractivity contribution in [1.29, 1.82) is 0 Å². The predicted molar refractivity (Wildman–Crippen MR) is 125 cm³/mol. The number of Topliss-reactive ketones (excluding diaryl/α,β-unsaturated/α-hetero) is 1. The molecule has 34 heavy (non-hydrogen) atoms. The summed E-state index contributed by atoms with van der Waals surface area (Å²) in [5, 5.41) is 17.2. The van der Waals surface area contributed by atoms with Gasteiger partial charge in [-0.2, -0.15) is 5.10 Å². The van der Waals surface area contributed by atoms with Crippen LogP contribution in [0.15, 0.2) is 84.0 Å². The van der Waals surface area contributed by atoms with Gasteiger partial charge >= 0.3 is 0 Å². The van der Waals surface area contributed by atoms with E-state index in [2.05, 4.69) is 5.10 Å². The Morgan fingerprint density at radius 1 is 0.882 bits per heavy atom. The Morgan fingerprint density at radius 2 is 1.53 bits per heavy atom. The molecule has 2 aliphatic heterocycles. The zero-order valence-electron chi connectivity index (χ0n) is 18.0. The highest BCUT2D eigenvalue weighted by Gasteiger charge is 2.57. The maximum absolute atomic E-state index is 13.6. The van der Waals surface area contributed by atoms with Gasteiger partial charge in [0.25, 0.3) is 11.6 Å². The Hall–Kier alpha value is -4.66. The van der Waals surface area contributed by atoms with Crippen LogP contribution >= 0.6 is 0 Å². The number of amides is 2. The van der Waals surface area contributed by atoms with Gasteiger partial charge in [0.2, 0.25) is 5.91 Å². The summed E-state index contributed by atoms with van der Waals surface area (Å²) in [6.07, 6.45) is 0. The van der Waals surface area contributed by atoms with Crippen LogP contribution in [0, 0.1) is 16.0 Å². The molecule has 0 aliphatic carbocycles. The number of imide groups is 1. The van der Waals surface area contributed by atoms with E-state index in [4.69, 9.17) is 0 Å². The van der Waals surface area contributed by atoms with Gasteiger partial charge < -0.3 is 0 Å². The Morgan fingerprint density at radius 3 is 2.12 bits per heavy atom. The molecule has 2 atom stereocenters. The second kappa shape index (κ2) is 8.04. The van der Waals surface area contributed by atoms with Gasteiger partial charge in [-0.15, -0.1) is 0 Å². The number of non-ortho nitro benzene ring substituents is 1. The van der Waals surface area contributed by atoms with E-state index < -0.39 is 28.7 Å². The number of fused-ring (bicyclic) bond motifs is 1. The van der Waals surface area contributed by atoms with E-state index in [1.165, 1.54) is 36.2 Å². The first kappa shape index (κ1) is 21.2. The number of rotatable bonds is 5. The van der Waals surface area contributed by atoms with Gasteiger partial charge in [0.15, 0.2) is 5.78 Å². The molecule has 0 spiro atoms. The SMILES string of the molecule is CC(=O)c1ccc(N2C(=O)[C@@H]3C(c4ccc([N+](=O)[O-])cc4)=NN(c4ccccc4)[C@@H]3C2=O)cc1. The van der Waals surface area contributed by atoms with E-state index in [1.54, 1.807) is 36.4 Å². The van der Waals surface area contributed by atoms with Gasteiger partial charge in [0.05, 0.1) is 22.0 Å². The number of hydrogen-bond donors (Lipinski definition) is 0. The molecule has 0 bridgehead atoms. The van der Waals surface area contributed by atoms with Gasteiger partial charge in [0.1, 0.15) is 12.0 Å².